The molecule has 0 spiro atoms. The number of aliphatic hydroxyl groups excluding tert-OH is 1. The molecule has 0 saturated carbocycles. The fourth-order valence-electron chi connectivity index (χ4n) is 5.59. The van der Waals surface area contributed by atoms with E-state index >= 15 is 0 Å². The summed E-state index contributed by atoms with van der Waals surface area (Å²) in [5, 5.41) is 28.5. The zero-order valence-electron chi connectivity index (χ0n) is 36.2. The van der Waals surface area contributed by atoms with E-state index in [1.807, 2.05) is 13.8 Å². The van der Waals surface area contributed by atoms with Gasteiger partial charge in [0.05, 0.1) is 49.5 Å². The van der Waals surface area contributed by atoms with Crippen LogP contribution < -0.4 is 43.8 Å². The van der Waals surface area contributed by atoms with Crippen molar-refractivity contribution in [1.82, 2.24) is 9.97 Å². The number of benzene rings is 4. The topological polar surface area (TPSA) is 121 Å². The van der Waals surface area contributed by atoms with E-state index in [0.29, 0.717) is 39.7 Å². The molecule has 8 nitrogen and oxygen atoms in total. The molecule has 0 fully saturated rings. The Hall–Kier alpha value is -5.29. The van der Waals surface area contributed by atoms with Crippen molar-refractivity contribution in [1.29, 1.82) is 10.5 Å². The van der Waals surface area contributed by atoms with Crippen LogP contribution in [-0.4, -0.2) is 28.3 Å². The molecule has 2 atom stereocenters. The second-order valence-electron chi connectivity index (χ2n) is 13.3. The Morgan fingerprint density at radius 1 is 0.636 bits per heavy atom. The minimum Gasteiger partial charge on any atom is -1.00 e. The smallest absolute Gasteiger partial charge is 1.00 e. The molecular formula is C44H36F11N4NaO4S2. The van der Waals surface area contributed by atoms with Crippen LogP contribution in [0, 0.1) is 42.3 Å². The van der Waals surface area contributed by atoms with E-state index in [2.05, 4.69) is 19.4 Å². The van der Waals surface area contributed by atoms with E-state index in [-0.39, 0.29) is 53.6 Å². The molecule has 0 aliphatic rings. The molecule has 0 saturated heterocycles. The summed E-state index contributed by atoms with van der Waals surface area (Å²) in [5.41, 5.74) is 0.939. The second kappa shape index (κ2) is 24.5. The predicted octanol–water partition coefficient (Wildman–Crippen LogP) is 11.1. The molecule has 6 rings (SSSR count). The number of aromatic nitrogens is 2. The largest absolute Gasteiger partial charge is 1.00 e. The van der Waals surface area contributed by atoms with Crippen molar-refractivity contribution < 1.29 is 98.6 Å². The summed E-state index contributed by atoms with van der Waals surface area (Å²) in [6.45, 7) is 1.13. The molecule has 0 bridgehead atoms. The third-order valence-corrected chi connectivity index (χ3v) is 11.4. The standard InChI is InChI=1S/C22H17F5N2O2S.C14H14F3NOS.C8H4F3NO.Na.H/c1-3-17(30-16-9-6-14(11-28)18(10-16)31-21(23)24)19-12(2)29-20(32-19)13-4-7-15(8-5-13)22(25,26)27;1-3-11(19)12-8(2)18-13(20-12)9-4-6-10(7-5-9)14(15,16)17;9-6-2-1-5(4-12)7(3-6)13-8(10)11;;/h4-10,17,21H,3H2,1-2H3;4-7,11,19H,3H2,1-2H3;1-3,8H;;/q;;;+1;-1. The van der Waals surface area contributed by atoms with E-state index in [0.717, 1.165) is 57.9 Å². The first-order valence-electron chi connectivity index (χ1n) is 18.9. The Kier molecular flexibility index (Phi) is 20.4. The van der Waals surface area contributed by atoms with Gasteiger partial charge in [-0.3, -0.25) is 0 Å². The number of halogens is 11. The fourth-order valence-corrected chi connectivity index (χ4v) is 7.92. The molecule has 1 N–H and O–H groups in total. The van der Waals surface area contributed by atoms with Gasteiger partial charge in [-0.25, -0.2) is 14.4 Å². The summed E-state index contributed by atoms with van der Waals surface area (Å²) < 4.78 is 151. The summed E-state index contributed by atoms with van der Waals surface area (Å²) in [5.74, 6) is -1.23. The monoisotopic (exact) mass is 980 g/mol. The summed E-state index contributed by atoms with van der Waals surface area (Å²) in [6, 6.07) is 19.8. The quantitative estimate of drug-likeness (QED) is 0.0951. The molecule has 4 aromatic carbocycles. The molecule has 2 unspecified atom stereocenters. The third kappa shape index (κ3) is 15.4. The van der Waals surface area contributed by atoms with E-state index in [1.165, 1.54) is 65.1 Å². The minimum atomic E-state index is -4.42. The molecule has 22 heteroatoms. The summed E-state index contributed by atoms with van der Waals surface area (Å²) in [7, 11) is 0. The molecule has 0 aliphatic heterocycles. The zero-order chi connectivity index (χ0) is 48.2. The first kappa shape index (κ1) is 55.0. The van der Waals surface area contributed by atoms with Crippen LogP contribution >= 0.6 is 22.7 Å². The van der Waals surface area contributed by atoms with Gasteiger partial charge in [0, 0.05) is 23.3 Å². The number of hydrogen-bond donors (Lipinski definition) is 1. The van der Waals surface area contributed by atoms with E-state index < -0.39 is 60.5 Å². The zero-order valence-corrected chi connectivity index (χ0v) is 38.9. The van der Waals surface area contributed by atoms with Gasteiger partial charge in [0.1, 0.15) is 51.3 Å². The molecule has 0 radical (unpaired) electrons. The normalized spacial score (nSPS) is 12.1. The van der Waals surface area contributed by atoms with E-state index in [4.69, 9.17) is 15.3 Å². The van der Waals surface area contributed by atoms with Gasteiger partial charge in [-0.2, -0.15) is 54.4 Å². The van der Waals surface area contributed by atoms with Crippen molar-refractivity contribution in [2.24, 2.45) is 0 Å². The van der Waals surface area contributed by atoms with Gasteiger partial charge in [-0.1, -0.05) is 38.1 Å². The summed E-state index contributed by atoms with van der Waals surface area (Å²) >= 11 is 2.60. The molecule has 66 heavy (non-hydrogen) atoms. The summed E-state index contributed by atoms with van der Waals surface area (Å²) in [6.07, 6.45) is -8.71. The molecule has 2 aromatic heterocycles. The maximum atomic E-state index is 12.8. The van der Waals surface area contributed by atoms with Gasteiger partial charge < -0.3 is 20.7 Å². The minimum absolute atomic E-state index is 0. The van der Waals surface area contributed by atoms with Gasteiger partial charge in [0.2, 0.25) is 0 Å². The Morgan fingerprint density at radius 2 is 1.06 bits per heavy atom. The average molecular weight is 981 g/mol. The van der Waals surface area contributed by atoms with Crippen molar-refractivity contribution in [2.75, 3.05) is 0 Å². The molecule has 0 amide bonds. The Labute approximate surface area is 402 Å². The molecule has 2 heterocycles. The van der Waals surface area contributed by atoms with Gasteiger partial charge in [-0.05, 0) is 75.2 Å². The maximum absolute atomic E-state index is 12.8. The Bertz CT molecular complexity index is 2600. The first-order chi connectivity index (χ1) is 30.6. The van der Waals surface area contributed by atoms with Gasteiger partial charge in [-0.15, -0.1) is 22.7 Å². The maximum Gasteiger partial charge on any atom is 1.00 e. The molecular weight excluding hydrogens is 945 g/mol. The van der Waals surface area contributed by atoms with Gasteiger partial charge >= 0.3 is 55.1 Å². The van der Waals surface area contributed by atoms with Crippen LogP contribution in [0.3, 0.4) is 0 Å². The van der Waals surface area contributed by atoms with Crippen LogP contribution in [0.15, 0.2) is 84.9 Å². The number of ether oxygens (including phenoxy) is 3. The fraction of sp³-hybridized carbons (Fsp3) is 0.273. The van der Waals surface area contributed by atoms with E-state index in [1.54, 1.807) is 26.0 Å². The SMILES string of the molecule is CCC(O)c1sc(-c2ccc(C(F)(F)F)cc2)nc1C.CCC(Oc1ccc(C#N)c(OC(F)F)c1)c1sc(-c2ccc(C(F)(F)F)cc2)nc1C.N#Cc1ccc(F)cc1OC(F)F.[H-].[Na+]. The Balaban J connectivity index is 0.000000376. The van der Waals surface area contributed by atoms with Crippen LogP contribution in [0.1, 0.15) is 83.7 Å². The van der Waals surface area contributed by atoms with Crippen LogP contribution in [0.2, 0.25) is 0 Å². The average Bonchev–Trinajstić information content (AvgIpc) is 3.84. The first-order valence-corrected chi connectivity index (χ1v) is 20.5. The predicted molar refractivity (Wildman–Crippen MR) is 220 cm³/mol. The number of nitriles is 2. The number of aryl methyl sites for hydroxylation is 2. The Morgan fingerprint density at radius 3 is 1.47 bits per heavy atom. The van der Waals surface area contributed by atoms with Gasteiger partial charge in [0.25, 0.3) is 0 Å². The third-order valence-electron chi connectivity index (χ3n) is 8.78. The van der Waals surface area contributed by atoms with Crippen molar-refractivity contribution in [2.45, 2.75) is 78.3 Å². The van der Waals surface area contributed by atoms with Crippen molar-refractivity contribution in [3.05, 3.63) is 134 Å². The molecule has 6 aromatic rings. The number of rotatable bonds is 12. The van der Waals surface area contributed by atoms with Gasteiger partial charge in [0.15, 0.2) is 0 Å². The number of hydrogen-bond acceptors (Lipinski definition) is 10. The number of nitrogens with zero attached hydrogens (tertiary/aromatic N) is 4. The van der Waals surface area contributed by atoms with Crippen molar-refractivity contribution in [3.8, 4) is 50.5 Å². The molecule has 346 valence electrons. The van der Waals surface area contributed by atoms with Crippen LogP contribution in [0.4, 0.5) is 48.3 Å². The number of thiazole rings is 2. The van der Waals surface area contributed by atoms with Crippen molar-refractivity contribution in [3.63, 3.8) is 0 Å². The van der Waals surface area contributed by atoms with E-state index in [9.17, 15) is 53.4 Å². The number of aliphatic hydroxyl groups is 1. The second-order valence-corrected chi connectivity index (χ2v) is 15.4. The van der Waals surface area contributed by atoms with Crippen LogP contribution in [-0.2, 0) is 12.4 Å². The molecule has 0 aliphatic carbocycles. The van der Waals surface area contributed by atoms with Crippen molar-refractivity contribution >= 4 is 22.7 Å². The summed E-state index contributed by atoms with van der Waals surface area (Å²) in [4.78, 5) is 10.3. The van der Waals surface area contributed by atoms with Crippen LogP contribution in [0.5, 0.6) is 17.2 Å². The van der Waals surface area contributed by atoms with Crippen LogP contribution in [0.25, 0.3) is 21.1 Å². The number of alkyl halides is 10.